The molecule has 1 aliphatic rings. The zero-order valence-electron chi connectivity index (χ0n) is 13.9. The molecule has 1 N–H and O–H groups in total. The van der Waals surface area contributed by atoms with Crippen LogP contribution in [0.15, 0.2) is 30.7 Å². The number of imidazole rings is 1. The number of nitrogens with one attached hydrogen (secondary N) is 1. The zero-order valence-corrected chi connectivity index (χ0v) is 17.0. The Labute approximate surface area is 174 Å². The third kappa shape index (κ3) is 4.34. The van der Waals surface area contributed by atoms with Crippen molar-refractivity contribution in [1.29, 1.82) is 0 Å². The molecule has 0 aliphatic heterocycles. The molecule has 0 bridgehead atoms. The first kappa shape index (κ1) is 21.0. The topological polar surface area (TPSA) is 55.6 Å². The highest BCUT2D eigenvalue weighted by Gasteiger charge is 2.19. The summed E-state index contributed by atoms with van der Waals surface area (Å²) in [5.41, 5.74) is 2.67. The Kier molecular flexibility index (Phi) is 7.35. The smallest absolute Gasteiger partial charge is 0.225 e. The number of fused-ring (bicyclic) bond motifs is 1. The van der Waals surface area contributed by atoms with Crippen LogP contribution < -0.4 is 5.32 Å². The number of nitrogens with zero attached hydrogens (tertiary/aromatic N) is 4. The first-order valence-corrected chi connectivity index (χ1v) is 8.84. The minimum absolute atomic E-state index is 0. The van der Waals surface area contributed by atoms with Gasteiger partial charge in [0, 0.05) is 22.6 Å². The molecular formula is C17H19Cl4N5. The van der Waals surface area contributed by atoms with Gasteiger partial charge < -0.3 is 9.88 Å². The Hall–Kier alpha value is -1.27. The van der Waals surface area contributed by atoms with Crippen molar-refractivity contribution in [3.8, 4) is 0 Å². The Morgan fingerprint density at radius 1 is 1.12 bits per heavy atom. The van der Waals surface area contributed by atoms with E-state index in [9.17, 15) is 0 Å². The van der Waals surface area contributed by atoms with Crippen molar-refractivity contribution >= 4 is 65.1 Å². The molecule has 1 fully saturated rings. The van der Waals surface area contributed by atoms with E-state index in [-0.39, 0.29) is 24.8 Å². The fourth-order valence-corrected chi connectivity index (χ4v) is 3.68. The van der Waals surface area contributed by atoms with Crippen molar-refractivity contribution in [2.75, 3.05) is 5.32 Å². The summed E-state index contributed by atoms with van der Waals surface area (Å²) < 4.78 is 2.18. The van der Waals surface area contributed by atoms with E-state index in [4.69, 9.17) is 23.2 Å². The lowest BCUT2D eigenvalue weighted by Crippen LogP contribution is -2.07. The van der Waals surface area contributed by atoms with Crippen molar-refractivity contribution in [3.63, 3.8) is 0 Å². The minimum atomic E-state index is 0. The molecule has 4 rings (SSSR count). The van der Waals surface area contributed by atoms with Gasteiger partial charge in [-0.05, 0) is 30.5 Å². The van der Waals surface area contributed by atoms with Crippen LogP contribution in [0.5, 0.6) is 0 Å². The van der Waals surface area contributed by atoms with Crippen molar-refractivity contribution in [2.45, 2.75) is 38.3 Å². The molecule has 2 aromatic heterocycles. The van der Waals surface area contributed by atoms with Gasteiger partial charge in [-0.15, -0.1) is 24.8 Å². The van der Waals surface area contributed by atoms with E-state index in [0.29, 0.717) is 28.6 Å². The molecule has 3 aromatic rings. The van der Waals surface area contributed by atoms with Crippen LogP contribution in [0.4, 0.5) is 5.95 Å². The van der Waals surface area contributed by atoms with Gasteiger partial charge in [-0.3, -0.25) is 0 Å². The maximum absolute atomic E-state index is 6.21. The van der Waals surface area contributed by atoms with Crippen molar-refractivity contribution in [3.05, 3.63) is 46.3 Å². The van der Waals surface area contributed by atoms with Gasteiger partial charge in [0.15, 0.2) is 5.65 Å². The molecule has 0 amide bonds. The summed E-state index contributed by atoms with van der Waals surface area (Å²) >= 11 is 12.1. The predicted octanol–water partition coefficient (Wildman–Crippen LogP) is 5.70. The quantitative estimate of drug-likeness (QED) is 0.571. The minimum Gasteiger partial charge on any atom is -0.350 e. The van der Waals surface area contributed by atoms with E-state index in [2.05, 4.69) is 24.8 Å². The third-order valence-electron chi connectivity index (χ3n) is 4.49. The second kappa shape index (κ2) is 9.09. The summed E-state index contributed by atoms with van der Waals surface area (Å²) in [6, 6.07) is 5.96. The molecule has 140 valence electrons. The predicted molar refractivity (Wildman–Crippen MR) is 111 cm³/mol. The average Bonchev–Trinajstić information content (AvgIpc) is 3.22. The fourth-order valence-electron chi connectivity index (χ4n) is 3.20. The van der Waals surface area contributed by atoms with E-state index in [1.165, 1.54) is 25.7 Å². The summed E-state index contributed by atoms with van der Waals surface area (Å²) in [7, 11) is 0. The first-order valence-electron chi connectivity index (χ1n) is 8.08. The second-order valence-electron chi connectivity index (χ2n) is 6.08. The van der Waals surface area contributed by atoms with Crippen molar-refractivity contribution < 1.29 is 0 Å². The van der Waals surface area contributed by atoms with Crippen LogP contribution in [0.3, 0.4) is 0 Å². The maximum atomic E-state index is 6.21. The maximum Gasteiger partial charge on any atom is 0.225 e. The highest BCUT2D eigenvalue weighted by molar-refractivity contribution is 6.35. The normalized spacial score (nSPS) is 14.1. The number of benzene rings is 1. The van der Waals surface area contributed by atoms with E-state index in [1.807, 2.05) is 18.5 Å². The molecule has 1 saturated carbocycles. The summed E-state index contributed by atoms with van der Waals surface area (Å²) in [5, 5.41) is 4.49. The number of rotatable bonds is 4. The molecule has 2 heterocycles. The van der Waals surface area contributed by atoms with Gasteiger partial charge in [0.2, 0.25) is 5.95 Å². The van der Waals surface area contributed by atoms with Gasteiger partial charge in [0.1, 0.15) is 5.52 Å². The van der Waals surface area contributed by atoms with E-state index in [0.717, 1.165) is 16.7 Å². The molecule has 26 heavy (non-hydrogen) atoms. The van der Waals surface area contributed by atoms with Crippen molar-refractivity contribution in [2.24, 2.45) is 0 Å². The summed E-state index contributed by atoms with van der Waals surface area (Å²) in [5.74, 6) is 0.577. The molecule has 0 spiro atoms. The monoisotopic (exact) mass is 433 g/mol. The summed E-state index contributed by atoms with van der Waals surface area (Å²) in [6.07, 6.45) is 8.58. The molecule has 1 aromatic carbocycles. The zero-order chi connectivity index (χ0) is 16.5. The molecule has 9 heteroatoms. The first-order chi connectivity index (χ1) is 11.7. The molecule has 0 atom stereocenters. The lowest BCUT2D eigenvalue weighted by atomic mass is 10.2. The Morgan fingerprint density at radius 2 is 1.88 bits per heavy atom. The number of hydrogen-bond donors (Lipinski definition) is 1. The van der Waals surface area contributed by atoms with Crippen molar-refractivity contribution in [1.82, 2.24) is 19.5 Å². The van der Waals surface area contributed by atoms with Crippen LogP contribution in [0.2, 0.25) is 10.0 Å². The molecule has 5 nitrogen and oxygen atoms in total. The lowest BCUT2D eigenvalue weighted by molar-refractivity contribution is 0.529. The summed E-state index contributed by atoms with van der Waals surface area (Å²) in [4.78, 5) is 13.4. The highest BCUT2D eigenvalue weighted by Crippen LogP contribution is 2.31. The van der Waals surface area contributed by atoms with Crippen LogP contribution in [-0.2, 0) is 6.54 Å². The standard InChI is InChI=1S/C17H17Cl2N5.2ClH/c18-12-6-5-11(14(19)7-12)8-20-17-21-9-15-16(23-17)24(10-22-15)13-3-1-2-4-13;;/h5-7,9-10,13H,1-4,8H2,(H,20,21,23);2*1H. The molecule has 0 unspecified atom stereocenters. The van der Waals surface area contributed by atoms with Crippen LogP contribution in [0.25, 0.3) is 11.2 Å². The van der Waals surface area contributed by atoms with Gasteiger partial charge in [0.05, 0.1) is 12.5 Å². The van der Waals surface area contributed by atoms with Crippen LogP contribution >= 0.6 is 48.0 Å². The Balaban J connectivity index is 0.00000121. The average molecular weight is 435 g/mol. The number of halogens is 4. The van der Waals surface area contributed by atoms with E-state index < -0.39 is 0 Å². The number of aromatic nitrogens is 4. The number of hydrogen-bond acceptors (Lipinski definition) is 4. The summed E-state index contributed by atoms with van der Waals surface area (Å²) in [6.45, 7) is 0.541. The molecule has 1 aliphatic carbocycles. The van der Waals surface area contributed by atoms with Gasteiger partial charge in [-0.25, -0.2) is 9.97 Å². The number of anilines is 1. The largest absolute Gasteiger partial charge is 0.350 e. The Bertz CT molecular complexity index is 877. The van der Waals surface area contributed by atoms with Gasteiger partial charge in [-0.1, -0.05) is 42.1 Å². The van der Waals surface area contributed by atoms with Gasteiger partial charge in [0.25, 0.3) is 0 Å². The third-order valence-corrected chi connectivity index (χ3v) is 5.07. The Morgan fingerprint density at radius 3 is 2.62 bits per heavy atom. The van der Waals surface area contributed by atoms with Gasteiger partial charge >= 0.3 is 0 Å². The van der Waals surface area contributed by atoms with Crippen LogP contribution in [0, 0.1) is 0 Å². The molecule has 0 radical (unpaired) electrons. The van der Waals surface area contributed by atoms with Gasteiger partial charge in [-0.2, -0.15) is 4.98 Å². The highest BCUT2D eigenvalue weighted by atomic mass is 35.5. The molecular weight excluding hydrogens is 416 g/mol. The SMILES string of the molecule is Cl.Cl.Clc1ccc(CNc2ncc3ncn(C4CCCC4)c3n2)c(Cl)c1. The lowest BCUT2D eigenvalue weighted by Gasteiger charge is -2.12. The fraction of sp³-hybridized carbons (Fsp3) is 0.353. The van der Waals surface area contributed by atoms with E-state index in [1.54, 1.807) is 12.3 Å². The van der Waals surface area contributed by atoms with Crippen LogP contribution in [-0.4, -0.2) is 19.5 Å². The second-order valence-corrected chi connectivity index (χ2v) is 6.93. The van der Waals surface area contributed by atoms with E-state index >= 15 is 0 Å². The van der Waals surface area contributed by atoms with Crippen LogP contribution in [0.1, 0.15) is 37.3 Å². The molecule has 0 saturated heterocycles.